The molecule has 0 radical (unpaired) electrons. The monoisotopic (exact) mass is 304 g/mol. The van der Waals surface area contributed by atoms with Crippen LogP contribution in [-0.4, -0.2) is 17.0 Å². The molecule has 120 valence electrons. The lowest BCUT2D eigenvalue weighted by atomic mass is 9.49. The lowest BCUT2D eigenvalue weighted by molar-refractivity contribution is -0.119. The molecule has 0 heterocycles. The Labute approximate surface area is 131 Å². The summed E-state index contributed by atoms with van der Waals surface area (Å²) in [5, 5.41) is 10.6. The molecule has 4 fully saturated rings. The summed E-state index contributed by atoms with van der Waals surface area (Å²) in [4.78, 5) is 11.7. The van der Waals surface area contributed by atoms with Gasteiger partial charge < -0.3 is 5.11 Å². The minimum Gasteiger partial charge on any atom is -0.393 e. The van der Waals surface area contributed by atoms with Crippen molar-refractivity contribution in [2.45, 2.75) is 64.4 Å². The molecule has 7 atom stereocenters. The first-order valence-electron chi connectivity index (χ1n) is 9.09. The van der Waals surface area contributed by atoms with Gasteiger partial charge >= 0.3 is 0 Å². The third-order valence-electron chi connectivity index (χ3n) is 8.53. The minimum absolute atomic E-state index is 0.100. The van der Waals surface area contributed by atoms with Crippen LogP contribution in [0.2, 0.25) is 0 Å². The number of rotatable bonds is 0. The van der Waals surface area contributed by atoms with E-state index >= 15 is 0 Å². The zero-order valence-electron chi connectivity index (χ0n) is 13.3. The third kappa shape index (κ3) is 1.35. The molecule has 5 aliphatic carbocycles. The highest BCUT2D eigenvalue weighted by atomic mass is 19.1. The molecule has 5 aliphatic rings. The Hall–Kier alpha value is -0.700. The normalized spacial score (nSPS) is 56.1. The third-order valence-corrected chi connectivity index (χ3v) is 8.53. The lowest BCUT2D eigenvalue weighted by Crippen LogP contribution is -2.50. The van der Waals surface area contributed by atoms with Crippen molar-refractivity contribution < 1.29 is 14.3 Å². The van der Waals surface area contributed by atoms with Crippen LogP contribution in [0.3, 0.4) is 0 Å². The molecule has 1 spiro atoms. The van der Waals surface area contributed by atoms with Gasteiger partial charge in [0, 0.05) is 6.42 Å². The summed E-state index contributed by atoms with van der Waals surface area (Å²) >= 11 is 0. The molecule has 4 saturated carbocycles. The molecule has 22 heavy (non-hydrogen) atoms. The van der Waals surface area contributed by atoms with E-state index < -0.39 is 0 Å². The van der Waals surface area contributed by atoms with Crippen LogP contribution in [0.25, 0.3) is 0 Å². The highest BCUT2D eigenvalue weighted by Crippen LogP contribution is 2.81. The maximum atomic E-state index is 14.3. The average molecular weight is 304 g/mol. The smallest absolute Gasteiger partial charge is 0.191 e. The number of allylic oxidation sites excluding steroid dienone is 1. The number of carbonyl (C=O) groups excluding carboxylic acids is 1. The summed E-state index contributed by atoms with van der Waals surface area (Å²) in [7, 11) is 0. The number of aliphatic hydroxyl groups excluding tert-OH is 1. The maximum Gasteiger partial charge on any atom is 0.191 e. The zero-order chi connectivity index (χ0) is 15.3. The van der Waals surface area contributed by atoms with Crippen molar-refractivity contribution in [3.05, 3.63) is 11.4 Å². The second-order valence-electron chi connectivity index (χ2n) is 8.87. The molecule has 0 aliphatic heterocycles. The SMILES string of the molecule is C[C@]12CCC3C4CCC(=O)C(F)=C4CCC3[C@]13C[C@@H]3C[C@H]2O. The van der Waals surface area contributed by atoms with Crippen LogP contribution in [0.15, 0.2) is 11.4 Å². The first kappa shape index (κ1) is 13.7. The standard InChI is InChI=1S/C19H25FO2/c1-18-7-6-12-11-3-5-15(21)17(20)13(11)2-4-14(12)19(18)9-10(19)8-16(18)22/h10-12,14,16,22H,2-9H2,1H3/t10-,11?,12?,14?,16+,18+,19+/m0/s1. The maximum absolute atomic E-state index is 14.3. The van der Waals surface area contributed by atoms with E-state index in [1.54, 1.807) is 0 Å². The Kier molecular flexibility index (Phi) is 2.51. The molecule has 5 rings (SSSR count). The summed E-state index contributed by atoms with van der Waals surface area (Å²) in [6, 6.07) is 0. The Morgan fingerprint density at radius 1 is 1.23 bits per heavy atom. The van der Waals surface area contributed by atoms with Crippen LogP contribution < -0.4 is 0 Å². The number of aliphatic hydroxyl groups is 1. The first-order valence-corrected chi connectivity index (χ1v) is 9.09. The van der Waals surface area contributed by atoms with E-state index in [-0.39, 0.29) is 23.1 Å². The fraction of sp³-hybridized carbons (Fsp3) is 0.842. The van der Waals surface area contributed by atoms with Crippen molar-refractivity contribution in [3.63, 3.8) is 0 Å². The highest BCUT2D eigenvalue weighted by molar-refractivity contribution is 5.95. The van der Waals surface area contributed by atoms with Crippen LogP contribution >= 0.6 is 0 Å². The predicted octanol–water partition coefficient (Wildman–Crippen LogP) is 3.79. The predicted molar refractivity (Wildman–Crippen MR) is 80.6 cm³/mol. The van der Waals surface area contributed by atoms with E-state index in [1.165, 1.54) is 6.42 Å². The molecular formula is C19H25FO2. The minimum atomic E-state index is -0.390. The Morgan fingerprint density at radius 2 is 2.05 bits per heavy atom. The highest BCUT2D eigenvalue weighted by Gasteiger charge is 2.77. The fourth-order valence-electron chi connectivity index (χ4n) is 7.45. The van der Waals surface area contributed by atoms with E-state index in [0.29, 0.717) is 35.5 Å². The van der Waals surface area contributed by atoms with E-state index in [1.807, 2.05) is 0 Å². The second kappa shape index (κ2) is 4.03. The number of Topliss-reactive ketones (excluding diaryl/α,β-unsaturated/α-hetero) is 1. The molecular weight excluding hydrogens is 279 g/mol. The summed E-state index contributed by atoms with van der Waals surface area (Å²) in [5.74, 6) is 1.59. The largest absolute Gasteiger partial charge is 0.393 e. The van der Waals surface area contributed by atoms with Gasteiger partial charge in [-0.2, -0.15) is 0 Å². The molecule has 0 saturated heterocycles. The van der Waals surface area contributed by atoms with E-state index in [9.17, 15) is 14.3 Å². The molecule has 3 heteroatoms. The van der Waals surface area contributed by atoms with Gasteiger partial charge in [0.15, 0.2) is 11.6 Å². The van der Waals surface area contributed by atoms with Gasteiger partial charge in [-0.1, -0.05) is 6.92 Å². The van der Waals surface area contributed by atoms with Crippen LogP contribution in [-0.2, 0) is 4.79 Å². The molecule has 2 nitrogen and oxygen atoms in total. The summed E-state index contributed by atoms with van der Waals surface area (Å²) in [6.07, 6.45) is 7.43. The number of fused-ring (bicyclic) bond motifs is 3. The number of hydrogen-bond donors (Lipinski definition) is 1. The Bertz CT molecular complexity index is 596. The van der Waals surface area contributed by atoms with Gasteiger partial charge in [0.2, 0.25) is 0 Å². The average Bonchev–Trinajstić information content (AvgIpc) is 3.16. The van der Waals surface area contributed by atoms with Gasteiger partial charge in [0.1, 0.15) is 0 Å². The van der Waals surface area contributed by atoms with Gasteiger partial charge in [0.25, 0.3) is 0 Å². The molecule has 3 unspecified atom stereocenters. The van der Waals surface area contributed by atoms with Gasteiger partial charge in [-0.25, -0.2) is 4.39 Å². The molecule has 0 aromatic carbocycles. The Balaban J connectivity index is 1.54. The van der Waals surface area contributed by atoms with Crippen molar-refractivity contribution in [2.24, 2.45) is 34.5 Å². The molecule has 1 N–H and O–H groups in total. The summed E-state index contributed by atoms with van der Waals surface area (Å²) in [6.45, 7) is 2.32. The van der Waals surface area contributed by atoms with Gasteiger partial charge in [0.05, 0.1) is 6.10 Å². The van der Waals surface area contributed by atoms with Crippen LogP contribution in [0.5, 0.6) is 0 Å². The summed E-state index contributed by atoms with van der Waals surface area (Å²) in [5.41, 5.74) is 1.30. The number of carbonyl (C=O) groups is 1. The quantitative estimate of drug-likeness (QED) is 0.739. The van der Waals surface area contributed by atoms with Gasteiger partial charge in [-0.15, -0.1) is 0 Å². The van der Waals surface area contributed by atoms with Crippen molar-refractivity contribution in [3.8, 4) is 0 Å². The van der Waals surface area contributed by atoms with E-state index in [4.69, 9.17) is 0 Å². The topological polar surface area (TPSA) is 37.3 Å². The number of ketones is 1. The van der Waals surface area contributed by atoms with E-state index in [2.05, 4.69) is 6.92 Å². The molecule has 0 amide bonds. The van der Waals surface area contributed by atoms with Crippen LogP contribution in [0.4, 0.5) is 4.39 Å². The zero-order valence-corrected chi connectivity index (χ0v) is 13.3. The molecule has 0 aromatic heterocycles. The fourth-order valence-corrected chi connectivity index (χ4v) is 7.45. The summed E-state index contributed by atoms with van der Waals surface area (Å²) < 4.78 is 14.3. The Morgan fingerprint density at radius 3 is 2.86 bits per heavy atom. The number of hydrogen-bond acceptors (Lipinski definition) is 2. The lowest BCUT2D eigenvalue weighted by Gasteiger charge is -2.55. The van der Waals surface area contributed by atoms with E-state index in [0.717, 1.165) is 44.1 Å². The van der Waals surface area contributed by atoms with Gasteiger partial charge in [-0.3, -0.25) is 4.79 Å². The number of halogens is 1. The first-order chi connectivity index (χ1) is 10.5. The molecule has 0 aromatic rings. The van der Waals surface area contributed by atoms with Crippen molar-refractivity contribution in [1.29, 1.82) is 0 Å². The second-order valence-corrected chi connectivity index (χ2v) is 8.87. The molecule has 0 bridgehead atoms. The van der Waals surface area contributed by atoms with Gasteiger partial charge in [-0.05, 0) is 85.0 Å². The van der Waals surface area contributed by atoms with Crippen LogP contribution in [0.1, 0.15) is 58.3 Å². The van der Waals surface area contributed by atoms with Crippen molar-refractivity contribution in [2.75, 3.05) is 0 Å². The van der Waals surface area contributed by atoms with Crippen molar-refractivity contribution >= 4 is 5.78 Å². The van der Waals surface area contributed by atoms with Crippen LogP contribution in [0, 0.1) is 34.5 Å². The van der Waals surface area contributed by atoms with Crippen molar-refractivity contribution in [1.82, 2.24) is 0 Å².